The van der Waals surface area contributed by atoms with Crippen LogP contribution in [0.3, 0.4) is 0 Å². The molecule has 0 amide bonds. The lowest BCUT2D eigenvalue weighted by molar-refractivity contribution is 0.565. The first-order valence-corrected chi connectivity index (χ1v) is 4.57. The van der Waals surface area contributed by atoms with Gasteiger partial charge in [-0.15, -0.1) is 0 Å². The van der Waals surface area contributed by atoms with Crippen molar-refractivity contribution in [1.82, 2.24) is 0 Å². The third-order valence-electron chi connectivity index (χ3n) is 1.58. The third kappa shape index (κ3) is 2.65. The van der Waals surface area contributed by atoms with Gasteiger partial charge in [-0.1, -0.05) is 34.1 Å². The molecule has 13 heavy (non-hydrogen) atoms. The molecular weight excluding hydrogens is 230 g/mol. The van der Waals surface area contributed by atoms with E-state index < -0.39 is 0 Å². The zero-order valence-electron chi connectivity index (χ0n) is 7.12. The smallest absolute Gasteiger partial charge is 0.211 e. The second-order valence-electron chi connectivity index (χ2n) is 2.38. The average molecular weight is 238 g/mol. The lowest BCUT2D eigenvalue weighted by Crippen LogP contribution is -1.79. The molecule has 0 saturated carbocycles. The predicted octanol–water partition coefficient (Wildman–Crippen LogP) is 3.15. The standard InChI is InChI=1S/C10H8BrNO/c1-2-10(12-7-13)8-3-5-9(11)6-4-8/h2-6H,1H3/b10-2+. The largest absolute Gasteiger partial charge is 0.240 e. The van der Waals surface area contributed by atoms with Gasteiger partial charge in [-0.05, 0) is 19.1 Å². The number of allylic oxidation sites excluding steroid dienone is 1. The van der Waals surface area contributed by atoms with E-state index in [0.29, 0.717) is 5.70 Å². The number of rotatable bonds is 2. The minimum absolute atomic E-state index is 0.641. The van der Waals surface area contributed by atoms with Gasteiger partial charge >= 0.3 is 0 Å². The lowest BCUT2D eigenvalue weighted by Gasteiger charge is -1.98. The molecule has 0 heterocycles. The molecule has 0 fully saturated rings. The summed E-state index contributed by atoms with van der Waals surface area (Å²) >= 11 is 3.33. The van der Waals surface area contributed by atoms with Gasteiger partial charge in [0.1, 0.15) is 0 Å². The monoisotopic (exact) mass is 237 g/mol. The zero-order chi connectivity index (χ0) is 9.68. The summed E-state index contributed by atoms with van der Waals surface area (Å²) in [7, 11) is 0. The SMILES string of the molecule is C/C=C(/N=C=O)c1ccc(Br)cc1. The van der Waals surface area contributed by atoms with Gasteiger partial charge in [0, 0.05) is 10.0 Å². The van der Waals surface area contributed by atoms with Crippen LogP contribution in [0.2, 0.25) is 0 Å². The fourth-order valence-corrected chi connectivity index (χ4v) is 1.23. The Morgan fingerprint density at radius 1 is 1.46 bits per heavy atom. The fraction of sp³-hybridized carbons (Fsp3) is 0.100. The van der Waals surface area contributed by atoms with Gasteiger partial charge in [-0.2, -0.15) is 4.99 Å². The predicted molar refractivity (Wildman–Crippen MR) is 55.9 cm³/mol. The summed E-state index contributed by atoms with van der Waals surface area (Å²) in [5, 5.41) is 0. The van der Waals surface area contributed by atoms with E-state index >= 15 is 0 Å². The van der Waals surface area contributed by atoms with E-state index in [4.69, 9.17) is 0 Å². The first-order chi connectivity index (χ1) is 6.27. The van der Waals surface area contributed by atoms with Crippen LogP contribution < -0.4 is 0 Å². The summed E-state index contributed by atoms with van der Waals surface area (Å²) in [5.74, 6) is 0. The van der Waals surface area contributed by atoms with Crippen molar-refractivity contribution < 1.29 is 4.79 Å². The van der Waals surface area contributed by atoms with Crippen LogP contribution in [0.4, 0.5) is 0 Å². The number of aliphatic imine (C=N–C) groups is 1. The molecule has 0 atom stereocenters. The number of hydrogen-bond acceptors (Lipinski definition) is 2. The summed E-state index contributed by atoms with van der Waals surface area (Å²) in [6, 6.07) is 7.58. The molecule has 0 spiro atoms. The molecule has 3 heteroatoms. The highest BCUT2D eigenvalue weighted by Crippen LogP contribution is 2.18. The summed E-state index contributed by atoms with van der Waals surface area (Å²) < 4.78 is 1.00. The number of hydrogen-bond donors (Lipinski definition) is 0. The molecule has 0 bridgehead atoms. The van der Waals surface area contributed by atoms with Crippen LogP contribution in [-0.2, 0) is 4.79 Å². The van der Waals surface area contributed by atoms with E-state index in [0.717, 1.165) is 10.0 Å². The Morgan fingerprint density at radius 2 is 2.08 bits per heavy atom. The van der Waals surface area contributed by atoms with Crippen LogP contribution in [0, 0.1) is 0 Å². The van der Waals surface area contributed by atoms with E-state index in [1.807, 2.05) is 31.2 Å². The van der Waals surface area contributed by atoms with Crippen molar-refractivity contribution in [3.8, 4) is 0 Å². The van der Waals surface area contributed by atoms with Crippen molar-refractivity contribution in [2.24, 2.45) is 4.99 Å². The van der Waals surface area contributed by atoms with E-state index in [9.17, 15) is 4.79 Å². The van der Waals surface area contributed by atoms with Crippen molar-refractivity contribution in [1.29, 1.82) is 0 Å². The van der Waals surface area contributed by atoms with Crippen molar-refractivity contribution >= 4 is 27.7 Å². The highest BCUT2D eigenvalue weighted by Gasteiger charge is 1.97. The fourth-order valence-electron chi connectivity index (χ4n) is 0.966. The first kappa shape index (κ1) is 9.90. The minimum Gasteiger partial charge on any atom is -0.211 e. The lowest BCUT2D eigenvalue weighted by atomic mass is 10.1. The molecule has 0 aliphatic rings. The number of isocyanates is 1. The molecule has 0 aliphatic heterocycles. The molecule has 1 rings (SSSR count). The van der Waals surface area contributed by atoms with Crippen molar-refractivity contribution in [2.45, 2.75) is 6.92 Å². The van der Waals surface area contributed by atoms with Crippen LogP contribution in [-0.4, -0.2) is 6.08 Å². The Hall–Kier alpha value is -1.18. The van der Waals surface area contributed by atoms with E-state index in [2.05, 4.69) is 20.9 Å². The Bertz CT molecular complexity index is 361. The highest BCUT2D eigenvalue weighted by molar-refractivity contribution is 9.10. The number of nitrogens with zero attached hydrogens (tertiary/aromatic N) is 1. The van der Waals surface area contributed by atoms with Crippen molar-refractivity contribution in [3.05, 3.63) is 40.4 Å². The molecule has 66 valence electrons. The summed E-state index contributed by atoms with van der Waals surface area (Å²) in [6.45, 7) is 1.83. The third-order valence-corrected chi connectivity index (χ3v) is 2.11. The van der Waals surface area contributed by atoms with Gasteiger partial charge in [-0.3, -0.25) is 0 Å². The van der Waals surface area contributed by atoms with Crippen LogP contribution in [0.1, 0.15) is 12.5 Å². The molecule has 0 N–H and O–H groups in total. The Balaban J connectivity index is 3.07. The van der Waals surface area contributed by atoms with Gasteiger partial charge in [0.2, 0.25) is 6.08 Å². The van der Waals surface area contributed by atoms with Gasteiger partial charge < -0.3 is 0 Å². The van der Waals surface area contributed by atoms with E-state index in [1.54, 1.807) is 6.08 Å². The minimum atomic E-state index is 0.641. The Labute approximate surface area is 85.1 Å². The number of halogens is 1. The number of carbonyl (C=O) groups excluding carboxylic acids is 1. The Kier molecular flexibility index (Phi) is 3.62. The van der Waals surface area contributed by atoms with Crippen LogP contribution in [0.25, 0.3) is 5.70 Å². The topological polar surface area (TPSA) is 29.4 Å². The summed E-state index contributed by atoms with van der Waals surface area (Å²) in [4.78, 5) is 13.7. The highest BCUT2D eigenvalue weighted by atomic mass is 79.9. The molecule has 0 aromatic heterocycles. The van der Waals surface area contributed by atoms with Crippen LogP contribution in [0.15, 0.2) is 39.8 Å². The molecule has 1 aromatic rings. The molecule has 2 nitrogen and oxygen atoms in total. The second kappa shape index (κ2) is 4.75. The molecule has 0 unspecified atom stereocenters. The molecule has 0 aliphatic carbocycles. The summed E-state index contributed by atoms with van der Waals surface area (Å²) in [5.41, 5.74) is 1.55. The maximum atomic E-state index is 10.1. The van der Waals surface area contributed by atoms with Crippen LogP contribution in [0.5, 0.6) is 0 Å². The van der Waals surface area contributed by atoms with Gasteiger partial charge in [-0.25, -0.2) is 4.79 Å². The maximum absolute atomic E-state index is 10.1. The number of benzene rings is 1. The summed E-state index contributed by atoms with van der Waals surface area (Å²) in [6.07, 6.45) is 3.30. The normalized spacial score (nSPS) is 10.8. The zero-order valence-corrected chi connectivity index (χ0v) is 8.71. The quantitative estimate of drug-likeness (QED) is 0.574. The Morgan fingerprint density at radius 3 is 2.54 bits per heavy atom. The van der Waals surface area contributed by atoms with Gasteiger partial charge in [0.15, 0.2) is 0 Å². The van der Waals surface area contributed by atoms with Gasteiger partial charge in [0.25, 0.3) is 0 Å². The second-order valence-corrected chi connectivity index (χ2v) is 3.30. The molecule has 0 saturated heterocycles. The molecule has 0 radical (unpaired) electrons. The van der Waals surface area contributed by atoms with Crippen molar-refractivity contribution in [3.63, 3.8) is 0 Å². The molecular formula is C10H8BrNO. The van der Waals surface area contributed by atoms with E-state index in [-0.39, 0.29) is 0 Å². The van der Waals surface area contributed by atoms with Crippen molar-refractivity contribution in [2.75, 3.05) is 0 Å². The van der Waals surface area contributed by atoms with E-state index in [1.165, 1.54) is 6.08 Å². The average Bonchev–Trinajstić information content (AvgIpc) is 2.16. The van der Waals surface area contributed by atoms with Crippen LogP contribution >= 0.6 is 15.9 Å². The molecule has 1 aromatic carbocycles. The van der Waals surface area contributed by atoms with Gasteiger partial charge in [0.05, 0.1) is 5.70 Å². The first-order valence-electron chi connectivity index (χ1n) is 3.78. The maximum Gasteiger partial charge on any atom is 0.240 e.